The van der Waals surface area contributed by atoms with Crippen molar-refractivity contribution in [3.8, 4) is 11.8 Å². The summed E-state index contributed by atoms with van der Waals surface area (Å²) in [4.78, 5) is 14.8. The standard InChI is InChI=1S/C26H31NO2/c1-6-20(25(3,4)5)13-11-18(2)10-12-19-15-21-17-26(22(19)16-24(28)29-26)23-9-7-8-14-27(21)23/h6,11,13,15-16,21,23H,1,7-9,14,17H2,2-5H3. The van der Waals surface area contributed by atoms with Gasteiger partial charge in [-0.3, -0.25) is 4.90 Å². The van der Waals surface area contributed by atoms with Gasteiger partial charge in [0.2, 0.25) is 0 Å². The molecule has 3 heterocycles. The summed E-state index contributed by atoms with van der Waals surface area (Å²) in [6.45, 7) is 13.6. The Morgan fingerprint density at radius 2 is 2.14 bits per heavy atom. The lowest BCUT2D eigenvalue weighted by Crippen LogP contribution is -2.48. The molecule has 1 spiro atoms. The predicted octanol–water partition coefficient (Wildman–Crippen LogP) is 4.88. The molecule has 29 heavy (non-hydrogen) atoms. The molecular weight excluding hydrogens is 358 g/mol. The molecule has 2 fully saturated rings. The van der Waals surface area contributed by atoms with Crippen LogP contribution in [0.15, 0.2) is 59.3 Å². The zero-order valence-corrected chi connectivity index (χ0v) is 18.0. The first-order valence-electron chi connectivity index (χ1n) is 10.7. The Labute approximate surface area is 174 Å². The van der Waals surface area contributed by atoms with E-state index in [2.05, 4.69) is 62.3 Å². The highest BCUT2D eigenvalue weighted by molar-refractivity contribution is 5.90. The molecule has 3 aliphatic heterocycles. The molecular formula is C26H31NO2. The van der Waals surface area contributed by atoms with Gasteiger partial charge in [-0.15, -0.1) is 0 Å². The number of ether oxygens (including phenoxy) is 1. The fourth-order valence-corrected chi connectivity index (χ4v) is 5.22. The lowest BCUT2D eigenvalue weighted by Gasteiger charge is -2.38. The highest BCUT2D eigenvalue weighted by Gasteiger charge is 2.61. The van der Waals surface area contributed by atoms with Gasteiger partial charge in [-0.1, -0.05) is 69.9 Å². The van der Waals surface area contributed by atoms with E-state index in [4.69, 9.17) is 4.74 Å². The highest BCUT2D eigenvalue weighted by atomic mass is 16.6. The van der Waals surface area contributed by atoms with E-state index in [1.165, 1.54) is 18.4 Å². The Hall–Kier alpha value is -2.31. The summed E-state index contributed by atoms with van der Waals surface area (Å²) in [5.41, 5.74) is 3.73. The minimum Gasteiger partial charge on any atom is -0.449 e. The van der Waals surface area contributed by atoms with E-state index >= 15 is 0 Å². The van der Waals surface area contributed by atoms with Crippen LogP contribution in [0.3, 0.4) is 0 Å². The van der Waals surface area contributed by atoms with E-state index < -0.39 is 5.60 Å². The fraction of sp³-hybridized carbons (Fsp3) is 0.500. The number of piperidine rings is 1. The summed E-state index contributed by atoms with van der Waals surface area (Å²) < 4.78 is 5.96. The Balaban J connectivity index is 1.64. The zero-order valence-electron chi connectivity index (χ0n) is 18.0. The third kappa shape index (κ3) is 3.45. The first kappa shape index (κ1) is 20.0. The van der Waals surface area contributed by atoms with E-state index in [1.54, 1.807) is 6.08 Å². The van der Waals surface area contributed by atoms with E-state index in [-0.39, 0.29) is 11.4 Å². The fourth-order valence-electron chi connectivity index (χ4n) is 5.22. The van der Waals surface area contributed by atoms with E-state index in [1.807, 2.05) is 13.0 Å². The zero-order chi connectivity index (χ0) is 20.8. The number of nitrogens with zero attached hydrogens (tertiary/aromatic N) is 1. The molecule has 152 valence electrons. The lowest BCUT2D eigenvalue weighted by atomic mass is 9.77. The molecule has 2 saturated heterocycles. The van der Waals surface area contributed by atoms with Crippen LogP contribution in [0.5, 0.6) is 0 Å². The number of rotatable bonds is 2. The smallest absolute Gasteiger partial charge is 0.332 e. The maximum atomic E-state index is 12.2. The van der Waals surface area contributed by atoms with Gasteiger partial charge in [0.15, 0.2) is 5.60 Å². The van der Waals surface area contributed by atoms with Gasteiger partial charge in [-0.25, -0.2) is 4.79 Å². The van der Waals surface area contributed by atoms with Crippen molar-refractivity contribution in [3.63, 3.8) is 0 Å². The maximum absolute atomic E-state index is 12.2. The molecule has 0 aromatic heterocycles. The first-order chi connectivity index (χ1) is 13.7. The molecule has 3 heteroatoms. The third-order valence-corrected chi connectivity index (χ3v) is 6.66. The quantitative estimate of drug-likeness (QED) is 0.383. The SMILES string of the molecule is C=CC(=CC=C(C)C#CC1=CC2CC3(OC(=O)C=C13)C1CCCCN21)C(C)(C)C. The third-order valence-electron chi connectivity index (χ3n) is 6.66. The Morgan fingerprint density at radius 3 is 2.86 bits per heavy atom. The van der Waals surface area contributed by atoms with Crippen LogP contribution in [0, 0.1) is 17.3 Å². The van der Waals surface area contributed by atoms with Crippen LogP contribution < -0.4 is 0 Å². The van der Waals surface area contributed by atoms with Gasteiger partial charge in [0, 0.05) is 29.7 Å². The van der Waals surface area contributed by atoms with Gasteiger partial charge in [0.25, 0.3) is 0 Å². The Morgan fingerprint density at radius 1 is 1.34 bits per heavy atom. The molecule has 3 atom stereocenters. The van der Waals surface area contributed by atoms with Crippen molar-refractivity contribution in [2.75, 3.05) is 6.54 Å². The summed E-state index contributed by atoms with van der Waals surface area (Å²) in [6.07, 6.45) is 14.4. The van der Waals surface area contributed by atoms with Crippen LogP contribution in [-0.4, -0.2) is 35.1 Å². The number of esters is 1. The Bertz CT molecular complexity index is 928. The number of hydrogen-bond acceptors (Lipinski definition) is 3. The molecule has 1 aliphatic carbocycles. The van der Waals surface area contributed by atoms with Crippen molar-refractivity contribution in [1.29, 1.82) is 0 Å². The summed E-state index contributed by atoms with van der Waals surface area (Å²) in [5.74, 6) is 6.44. The molecule has 0 radical (unpaired) electrons. The van der Waals surface area contributed by atoms with Gasteiger partial charge >= 0.3 is 5.97 Å². The van der Waals surface area contributed by atoms with Gasteiger partial charge < -0.3 is 4.74 Å². The maximum Gasteiger partial charge on any atom is 0.332 e. The average molecular weight is 390 g/mol. The second-order valence-corrected chi connectivity index (χ2v) is 9.65. The number of carbonyl (C=O) groups excluding carboxylic acids is 1. The summed E-state index contributed by atoms with van der Waals surface area (Å²) >= 11 is 0. The summed E-state index contributed by atoms with van der Waals surface area (Å²) in [7, 11) is 0. The molecule has 3 unspecified atom stereocenters. The monoisotopic (exact) mass is 389 g/mol. The molecule has 2 bridgehead atoms. The van der Waals surface area contributed by atoms with E-state index in [0.29, 0.717) is 12.1 Å². The normalized spacial score (nSPS) is 31.8. The van der Waals surface area contributed by atoms with Crippen LogP contribution in [0.1, 0.15) is 53.4 Å². The van der Waals surface area contributed by atoms with Crippen molar-refractivity contribution in [2.24, 2.45) is 5.41 Å². The molecule has 3 nitrogen and oxygen atoms in total. The van der Waals surface area contributed by atoms with Gasteiger partial charge in [-0.05, 0) is 42.9 Å². The molecule has 0 saturated carbocycles. The number of fused-ring (bicyclic) bond motifs is 3. The van der Waals surface area contributed by atoms with Gasteiger partial charge in [0.1, 0.15) is 0 Å². The average Bonchev–Trinajstić information content (AvgIpc) is 3.14. The van der Waals surface area contributed by atoms with Crippen molar-refractivity contribution in [2.45, 2.75) is 71.1 Å². The lowest BCUT2D eigenvalue weighted by molar-refractivity contribution is -0.148. The second kappa shape index (κ2) is 7.18. The van der Waals surface area contributed by atoms with Crippen molar-refractivity contribution < 1.29 is 9.53 Å². The minimum absolute atomic E-state index is 0.0561. The number of carbonyl (C=O) groups is 1. The largest absolute Gasteiger partial charge is 0.449 e. The van der Waals surface area contributed by atoms with E-state index in [9.17, 15) is 4.79 Å². The summed E-state index contributed by atoms with van der Waals surface area (Å²) in [5, 5.41) is 0. The Kier molecular flexibility index (Phi) is 4.95. The number of allylic oxidation sites excluding steroid dienone is 5. The van der Waals surface area contributed by atoms with Crippen LogP contribution in [-0.2, 0) is 9.53 Å². The van der Waals surface area contributed by atoms with E-state index in [0.717, 1.165) is 36.1 Å². The molecule has 4 aliphatic rings. The van der Waals surface area contributed by atoms with Crippen LogP contribution >= 0.6 is 0 Å². The number of hydrogen-bond donors (Lipinski definition) is 0. The molecule has 0 aromatic carbocycles. The van der Waals surface area contributed by atoms with Crippen molar-refractivity contribution in [1.82, 2.24) is 4.90 Å². The molecule has 4 rings (SSSR count). The molecule has 0 aromatic rings. The van der Waals surface area contributed by atoms with Gasteiger partial charge in [0.05, 0.1) is 6.04 Å². The second-order valence-electron chi connectivity index (χ2n) is 9.65. The first-order valence-corrected chi connectivity index (χ1v) is 10.7. The molecule has 0 N–H and O–H groups in total. The van der Waals surface area contributed by atoms with Gasteiger partial charge in [-0.2, -0.15) is 0 Å². The predicted molar refractivity (Wildman–Crippen MR) is 117 cm³/mol. The topological polar surface area (TPSA) is 29.5 Å². The van der Waals surface area contributed by atoms with Crippen LogP contribution in [0.4, 0.5) is 0 Å². The summed E-state index contributed by atoms with van der Waals surface area (Å²) in [6, 6.07) is 0.626. The van der Waals surface area contributed by atoms with Crippen LogP contribution in [0.25, 0.3) is 0 Å². The van der Waals surface area contributed by atoms with Crippen LogP contribution in [0.2, 0.25) is 0 Å². The van der Waals surface area contributed by atoms with Crippen molar-refractivity contribution in [3.05, 3.63) is 59.3 Å². The minimum atomic E-state index is -0.472. The highest BCUT2D eigenvalue weighted by Crippen LogP contribution is 2.53. The van der Waals surface area contributed by atoms with Crippen molar-refractivity contribution >= 4 is 5.97 Å². The molecule has 0 amide bonds.